The highest BCUT2D eigenvalue weighted by Crippen LogP contribution is 2.33. The van der Waals surface area contributed by atoms with Gasteiger partial charge in [-0.1, -0.05) is 12.1 Å². The molecule has 1 fully saturated rings. The van der Waals surface area contributed by atoms with Crippen LogP contribution in [0.4, 0.5) is 15.8 Å². The van der Waals surface area contributed by atoms with E-state index in [-0.39, 0.29) is 16.3 Å². The summed E-state index contributed by atoms with van der Waals surface area (Å²) in [6, 6.07) is 17.2. The van der Waals surface area contributed by atoms with E-state index >= 15 is 0 Å². The minimum atomic E-state index is -4.34. The number of amides is 1. The Labute approximate surface area is 222 Å². The third kappa shape index (κ3) is 5.62. The van der Waals surface area contributed by atoms with Crippen molar-refractivity contribution in [3.05, 3.63) is 72.5 Å². The lowest BCUT2D eigenvalue weighted by Gasteiger charge is -2.37. The fourth-order valence-corrected chi connectivity index (χ4v) is 5.73. The van der Waals surface area contributed by atoms with Gasteiger partial charge in [-0.3, -0.25) is 9.10 Å². The number of para-hydroxylation sites is 1. The van der Waals surface area contributed by atoms with Gasteiger partial charge >= 0.3 is 0 Å². The van der Waals surface area contributed by atoms with Gasteiger partial charge in [-0.05, 0) is 48.5 Å². The van der Waals surface area contributed by atoms with Gasteiger partial charge in [0.2, 0.25) is 5.91 Å². The lowest BCUT2D eigenvalue weighted by Crippen LogP contribution is -2.52. The molecule has 11 heteroatoms. The molecule has 0 radical (unpaired) electrons. The van der Waals surface area contributed by atoms with Gasteiger partial charge in [-0.2, -0.15) is 0 Å². The van der Waals surface area contributed by atoms with Crippen LogP contribution in [0.1, 0.15) is 0 Å². The predicted octanol–water partition coefficient (Wildman–Crippen LogP) is 3.40. The van der Waals surface area contributed by atoms with Crippen molar-refractivity contribution in [3.8, 4) is 17.2 Å². The molecule has 38 heavy (non-hydrogen) atoms. The number of hydrogen-bond donors (Lipinski definition) is 0. The molecule has 202 valence electrons. The van der Waals surface area contributed by atoms with Crippen LogP contribution >= 0.6 is 0 Å². The van der Waals surface area contributed by atoms with Crippen LogP contribution < -0.4 is 23.4 Å². The highest BCUT2D eigenvalue weighted by molar-refractivity contribution is 7.92. The van der Waals surface area contributed by atoms with Crippen LogP contribution in [-0.4, -0.2) is 73.3 Å². The van der Waals surface area contributed by atoms with Crippen molar-refractivity contribution in [2.45, 2.75) is 4.90 Å². The molecule has 1 aliphatic rings. The monoisotopic (exact) mass is 543 g/mol. The van der Waals surface area contributed by atoms with Gasteiger partial charge in [0.1, 0.15) is 18.1 Å². The number of rotatable bonds is 9. The predicted molar refractivity (Wildman–Crippen MR) is 142 cm³/mol. The zero-order valence-electron chi connectivity index (χ0n) is 21.5. The van der Waals surface area contributed by atoms with Crippen LogP contribution in [0.5, 0.6) is 17.2 Å². The van der Waals surface area contributed by atoms with Crippen LogP contribution in [0.3, 0.4) is 0 Å². The molecule has 3 aromatic carbocycles. The van der Waals surface area contributed by atoms with Gasteiger partial charge in [-0.25, -0.2) is 12.8 Å². The van der Waals surface area contributed by atoms with Crippen LogP contribution in [0.2, 0.25) is 0 Å². The Morgan fingerprint density at radius 3 is 2.13 bits per heavy atom. The smallest absolute Gasteiger partial charge is 0.265 e. The number of methoxy groups -OCH3 is 3. The SMILES string of the molecule is COc1ccc(N2CCN(C(=O)CN(c3ccccc3F)S(=O)(=O)c3ccc(OC)c(OC)c3)CC2)cc1. The molecule has 4 rings (SSSR count). The first-order valence-electron chi connectivity index (χ1n) is 11.9. The van der Waals surface area contributed by atoms with Gasteiger partial charge in [0, 0.05) is 37.9 Å². The molecule has 0 aliphatic carbocycles. The Morgan fingerprint density at radius 2 is 1.53 bits per heavy atom. The van der Waals surface area contributed by atoms with Crippen LogP contribution in [0.25, 0.3) is 0 Å². The maximum Gasteiger partial charge on any atom is 0.265 e. The Bertz CT molecular complexity index is 1380. The standard InChI is InChI=1S/C27H30FN3O6S/c1-35-21-10-8-20(9-11-21)29-14-16-30(17-15-29)27(32)19-31(24-7-5-4-6-23(24)28)38(33,34)22-12-13-25(36-2)26(18-22)37-3/h4-13,18H,14-17,19H2,1-3H3. The molecular formula is C27H30FN3O6S. The summed E-state index contributed by atoms with van der Waals surface area (Å²) in [6.07, 6.45) is 0. The third-order valence-electron chi connectivity index (χ3n) is 6.41. The molecule has 0 aromatic heterocycles. The minimum Gasteiger partial charge on any atom is -0.497 e. The second kappa shape index (κ2) is 11.6. The van der Waals surface area contributed by atoms with Gasteiger partial charge < -0.3 is 24.0 Å². The number of nitrogens with zero attached hydrogens (tertiary/aromatic N) is 3. The first kappa shape index (κ1) is 27.1. The summed E-state index contributed by atoms with van der Waals surface area (Å²) in [7, 11) is 0.0883. The van der Waals surface area contributed by atoms with Crippen LogP contribution in [0, 0.1) is 5.82 Å². The van der Waals surface area contributed by atoms with Crippen LogP contribution in [-0.2, 0) is 14.8 Å². The Hall–Kier alpha value is -3.99. The highest BCUT2D eigenvalue weighted by atomic mass is 32.2. The van der Waals surface area contributed by atoms with Crippen molar-refractivity contribution < 1.29 is 31.8 Å². The summed E-state index contributed by atoms with van der Waals surface area (Å²) in [5.41, 5.74) is 0.786. The second-order valence-electron chi connectivity index (χ2n) is 8.55. The molecule has 0 N–H and O–H groups in total. The van der Waals surface area contributed by atoms with Crippen molar-refractivity contribution >= 4 is 27.3 Å². The molecule has 3 aromatic rings. The average molecular weight is 544 g/mol. The number of carbonyl (C=O) groups is 1. The number of benzene rings is 3. The Morgan fingerprint density at radius 1 is 0.868 bits per heavy atom. The first-order valence-corrected chi connectivity index (χ1v) is 13.4. The van der Waals surface area contributed by atoms with Gasteiger partial charge in [0.15, 0.2) is 11.5 Å². The number of halogens is 1. The summed E-state index contributed by atoms with van der Waals surface area (Å²) >= 11 is 0. The lowest BCUT2D eigenvalue weighted by atomic mass is 10.2. The molecule has 0 bridgehead atoms. The number of hydrogen-bond acceptors (Lipinski definition) is 7. The van der Waals surface area contributed by atoms with Crippen molar-refractivity contribution in [1.82, 2.24) is 4.90 Å². The van der Waals surface area contributed by atoms with Gasteiger partial charge in [0.05, 0.1) is 31.9 Å². The van der Waals surface area contributed by atoms with E-state index in [0.717, 1.165) is 21.8 Å². The minimum absolute atomic E-state index is 0.157. The number of sulfonamides is 1. The maximum atomic E-state index is 14.8. The molecule has 1 amide bonds. The summed E-state index contributed by atoms with van der Waals surface area (Å²) < 4.78 is 58.8. The highest BCUT2D eigenvalue weighted by Gasteiger charge is 2.32. The van der Waals surface area contributed by atoms with Crippen LogP contribution in [0.15, 0.2) is 71.6 Å². The van der Waals surface area contributed by atoms with Crippen molar-refractivity contribution in [3.63, 3.8) is 0 Å². The van der Waals surface area contributed by atoms with Crippen molar-refractivity contribution in [1.29, 1.82) is 0 Å². The Kier molecular flexibility index (Phi) is 8.26. The summed E-state index contributed by atoms with van der Waals surface area (Å²) in [5.74, 6) is 0.115. The molecular weight excluding hydrogens is 513 g/mol. The van der Waals surface area contributed by atoms with E-state index < -0.39 is 28.3 Å². The van der Waals surface area contributed by atoms with E-state index in [9.17, 15) is 17.6 Å². The molecule has 0 atom stereocenters. The van der Waals surface area contributed by atoms with E-state index in [2.05, 4.69) is 4.90 Å². The zero-order chi connectivity index (χ0) is 27.3. The first-order chi connectivity index (χ1) is 18.3. The van der Waals surface area contributed by atoms with Crippen molar-refractivity contribution in [2.75, 3.05) is 63.3 Å². The fraction of sp³-hybridized carbons (Fsp3) is 0.296. The lowest BCUT2D eigenvalue weighted by molar-refractivity contribution is -0.129. The molecule has 0 saturated carbocycles. The number of anilines is 2. The molecule has 1 aliphatic heterocycles. The number of piperazine rings is 1. The quantitative estimate of drug-likeness (QED) is 0.409. The van der Waals surface area contributed by atoms with E-state index in [1.165, 1.54) is 50.6 Å². The normalized spacial score (nSPS) is 13.7. The number of ether oxygens (including phenoxy) is 3. The zero-order valence-corrected chi connectivity index (χ0v) is 22.3. The van der Waals surface area contributed by atoms with Gasteiger partial charge in [0.25, 0.3) is 10.0 Å². The second-order valence-corrected chi connectivity index (χ2v) is 10.4. The molecule has 1 heterocycles. The van der Waals surface area contributed by atoms with E-state index in [1.807, 2.05) is 24.3 Å². The molecule has 9 nitrogen and oxygen atoms in total. The third-order valence-corrected chi connectivity index (χ3v) is 8.17. The van der Waals surface area contributed by atoms with Gasteiger partial charge in [-0.15, -0.1) is 0 Å². The summed E-state index contributed by atoms with van der Waals surface area (Å²) in [4.78, 5) is 16.9. The van der Waals surface area contributed by atoms with E-state index in [1.54, 1.807) is 12.0 Å². The largest absolute Gasteiger partial charge is 0.497 e. The summed E-state index contributed by atoms with van der Waals surface area (Å²) in [5, 5.41) is 0. The maximum absolute atomic E-state index is 14.8. The molecule has 0 spiro atoms. The average Bonchev–Trinajstić information content (AvgIpc) is 2.96. The Balaban J connectivity index is 1.56. The van der Waals surface area contributed by atoms with E-state index in [0.29, 0.717) is 31.9 Å². The van der Waals surface area contributed by atoms with Crippen molar-refractivity contribution in [2.24, 2.45) is 0 Å². The molecule has 1 saturated heterocycles. The fourth-order valence-electron chi connectivity index (χ4n) is 4.29. The summed E-state index contributed by atoms with van der Waals surface area (Å²) in [6.45, 7) is 1.37. The number of carbonyl (C=O) groups excluding carboxylic acids is 1. The van der Waals surface area contributed by atoms with E-state index in [4.69, 9.17) is 14.2 Å². The topological polar surface area (TPSA) is 88.6 Å². The molecule has 0 unspecified atom stereocenters.